The molecule has 0 bridgehead atoms. The molecule has 0 spiro atoms. The van der Waals surface area contributed by atoms with Gasteiger partial charge in [0, 0.05) is 17.3 Å². The van der Waals surface area contributed by atoms with Crippen LogP contribution in [0.25, 0.3) is 16.9 Å². The first-order chi connectivity index (χ1) is 17.6. The average Bonchev–Trinajstić information content (AvgIpc) is 3.19. The zero-order valence-corrected chi connectivity index (χ0v) is 23.0. The molecular weight excluding hydrogens is 458 g/mol. The van der Waals surface area contributed by atoms with Gasteiger partial charge < -0.3 is 10.1 Å². The normalized spacial score (nSPS) is 12.1. The minimum absolute atomic E-state index is 0.149. The van der Waals surface area contributed by atoms with Crippen molar-refractivity contribution in [2.75, 3.05) is 5.32 Å². The number of nitrogens with one attached hydrogen (secondary N) is 1. The van der Waals surface area contributed by atoms with Crippen LogP contribution in [0.4, 0.5) is 5.82 Å². The number of rotatable bonds is 9. The van der Waals surface area contributed by atoms with Crippen LogP contribution in [-0.4, -0.2) is 20.9 Å². The number of hydrogen-bond donors (Lipinski definition) is 1. The quantitative estimate of drug-likeness (QED) is 0.187. The number of imidazole rings is 1. The van der Waals surface area contributed by atoms with Crippen molar-refractivity contribution in [3.63, 3.8) is 0 Å². The molecule has 2 aromatic heterocycles. The highest BCUT2D eigenvalue weighted by atomic mass is 16.5. The van der Waals surface area contributed by atoms with Gasteiger partial charge in [0.25, 0.3) is 0 Å². The van der Waals surface area contributed by atoms with Gasteiger partial charge in [-0.1, -0.05) is 64.4 Å². The number of unbranched alkanes of at least 4 members (excludes halogenated alkanes) is 1. The van der Waals surface area contributed by atoms with E-state index in [1.807, 2.05) is 72.9 Å². The van der Waals surface area contributed by atoms with E-state index in [0.29, 0.717) is 11.3 Å². The number of anilines is 1. The summed E-state index contributed by atoms with van der Waals surface area (Å²) in [7, 11) is 0. The summed E-state index contributed by atoms with van der Waals surface area (Å²) in [4.78, 5) is 18.1. The molecule has 0 unspecified atom stereocenters. The Morgan fingerprint density at radius 3 is 2.35 bits per heavy atom. The van der Waals surface area contributed by atoms with Gasteiger partial charge in [0.05, 0.1) is 5.56 Å². The van der Waals surface area contributed by atoms with Gasteiger partial charge in [0.2, 0.25) is 0 Å². The summed E-state index contributed by atoms with van der Waals surface area (Å²) in [5.74, 6) is 0.997. The summed E-state index contributed by atoms with van der Waals surface area (Å²) in [5.41, 5.74) is 4.09. The molecule has 5 heteroatoms. The summed E-state index contributed by atoms with van der Waals surface area (Å²) < 4.78 is 8.02. The van der Waals surface area contributed by atoms with Crippen LogP contribution in [0.1, 0.15) is 76.7 Å². The molecule has 4 rings (SSSR count). The number of fused-ring (bicyclic) bond motifs is 1. The van der Waals surface area contributed by atoms with E-state index < -0.39 is 0 Å². The molecule has 2 aromatic carbocycles. The van der Waals surface area contributed by atoms with Crippen molar-refractivity contribution in [3.05, 3.63) is 84.1 Å². The number of ether oxygens (including phenoxy) is 1. The number of para-hydroxylation sites is 1. The van der Waals surface area contributed by atoms with Gasteiger partial charge >= 0.3 is 5.97 Å². The van der Waals surface area contributed by atoms with Crippen LogP contribution >= 0.6 is 0 Å². The van der Waals surface area contributed by atoms with Crippen LogP contribution in [0.15, 0.2) is 72.9 Å². The smallest absolute Gasteiger partial charge is 0.343 e. The lowest BCUT2D eigenvalue weighted by atomic mass is 9.82. The molecule has 0 aliphatic rings. The van der Waals surface area contributed by atoms with Crippen LogP contribution in [0.3, 0.4) is 0 Å². The first-order valence-corrected chi connectivity index (χ1v) is 13.2. The highest BCUT2D eigenvalue weighted by Gasteiger charge is 2.29. The molecule has 37 heavy (non-hydrogen) atoms. The summed E-state index contributed by atoms with van der Waals surface area (Å²) in [6.45, 7) is 13.3. The van der Waals surface area contributed by atoms with Gasteiger partial charge in [-0.15, -0.1) is 0 Å². The summed E-state index contributed by atoms with van der Waals surface area (Å²) >= 11 is 0. The number of carbonyl (C=O) groups excluding carboxylic acids is 1. The molecule has 194 valence electrons. The van der Waals surface area contributed by atoms with Crippen LogP contribution < -0.4 is 10.1 Å². The molecule has 5 nitrogen and oxygen atoms in total. The Bertz CT molecular complexity index is 1360. The Balaban J connectivity index is 1.68. The van der Waals surface area contributed by atoms with Gasteiger partial charge in [-0.2, -0.15) is 0 Å². The van der Waals surface area contributed by atoms with Crippen molar-refractivity contribution in [2.24, 2.45) is 5.41 Å². The van der Waals surface area contributed by atoms with E-state index in [1.165, 1.54) is 5.56 Å². The highest BCUT2D eigenvalue weighted by molar-refractivity contribution is 5.92. The van der Waals surface area contributed by atoms with Crippen LogP contribution in [0, 0.1) is 5.41 Å². The van der Waals surface area contributed by atoms with E-state index in [4.69, 9.17) is 9.72 Å². The van der Waals surface area contributed by atoms with Crippen molar-refractivity contribution >= 4 is 17.4 Å². The molecule has 1 N–H and O–H groups in total. The lowest BCUT2D eigenvalue weighted by Gasteiger charge is -2.34. The molecule has 0 amide bonds. The Morgan fingerprint density at radius 2 is 1.65 bits per heavy atom. The predicted octanol–water partition coefficient (Wildman–Crippen LogP) is 8.19. The van der Waals surface area contributed by atoms with Crippen molar-refractivity contribution < 1.29 is 9.53 Å². The van der Waals surface area contributed by atoms with Crippen molar-refractivity contribution in [1.29, 1.82) is 0 Å². The topological polar surface area (TPSA) is 55.6 Å². The summed E-state index contributed by atoms with van der Waals surface area (Å²) in [6.07, 6.45) is 6.28. The lowest BCUT2D eigenvalue weighted by molar-refractivity contribution is 0.0735. The van der Waals surface area contributed by atoms with Crippen molar-refractivity contribution in [2.45, 2.75) is 72.8 Å². The Hall–Kier alpha value is -3.60. The fourth-order valence-corrected chi connectivity index (χ4v) is 5.09. The van der Waals surface area contributed by atoms with Gasteiger partial charge in [-0.3, -0.25) is 4.40 Å². The number of esters is 1. The largest absolute Gasteiger partial charge is 0.422 e. The molecule has 2 heterocycles. The number of nitrogens with zero attached hydrogens (tertiary/aromatic N) is 2. The molecule has 0 saturated heterocycles. The predicted molar refractivity (Wildman–Crippen MR) is 152 cm³/mol. The van der Waals surface area contributed by atoms with E-state index in [2.05, 4.69) is 51.3 Å². The zero-order valence-electron chi connectivity index (χ0n) is 23.0. The van der Waals surface area contributed by atoms with Crippen LogP contribution in [0.5, 0.6) is 5.75 Å². The van der Waals surface area contributed by atoms with Crippen LogP contribution in [0.2, 0.25) is 0 Å². The number of aromatic nitrogens is 2. The first kappa shape index (κ1) is 26.5. The standard InChI is InChI=1S/C32H39N3O2/c1-7-8-13-23-17-19-24(20-18-23)30(36)37-26-15-10-9-14-25(26)28-29(34-32(5,6)22-31(2,3)4)35-21-12-11-16-27(35)33-28/h9-12,14-21,34H,7-8,13,22H2,1-6H3. The third-order valence-corrected chi connectivity index (χ3v) is 6.31. The molecule has 0 fully saturated rings. The molecule has 4 aromatic rings. The monoisotopic (exact) mass is 497 g/mol. The maximum Gasteiger partial charge on any atom is 0.343 e. The van der Waals surface area contributed by atoms with E-state index in [0.717, 1.165) is 48.4 Å². The second kappa shape index (κ2) is 10.8. The number of aryl methyl sites for hydroxylation is 1. The number of pyridine rings is 1. The molecular formula is C32H39N3O2. The molecule has 0 saturated carbocycles. The van der Waals surface area contributed by atoms with Crippen molar-refractivity contribution in [3.8, 4) is 17.0 Å². The maximum atomic E-state index is 13.1. The fourth-order valence-electron chi connectivity index (χ4n) is 5.09. The fraction of sp³-hybridized carbons (Fsp3) is 0.375. The van der Waals surface area contributed by atoms with E-state index in [-0.39, 0.29) is 16.9 Å². The first-order valence-electron chi connectivity index (χ1n) is 13.2. The third-order valence-electron chi connectivity index (χ3n) is 6.31. The van der Waals surface area contributed by atoms with Gasteiger partial charge in [0.1, 0.15) is 22.9 Å². The molecule has 0 aliphatic carbocycles. The summed E-state index contributed by atoms with van der Waals surface area (Å²) in [5, 5.41) is 3.76. The van der Waals surface area contributed by atoms with Gasteiger partial charge in [0.15, 0.2) is 0 Å². The van der Waals surface area contributed by atoms with Crippen molar-refractivity contribution in [1.82, 2.24) is 9.38 Å². The minimum atomic E-state index is -0.374. The van der Waals surface area contributed by atoms with E-state index in [9.17, 15) is 4.79 Å². The zero-order chi connectivity index (χ0) is 26.6. The Morgan fingerprint density at radius 1 is 0.946 bits per heavy atom. The second-order valence-electron chi connectivity index (χ2n) is 11.7. The molecule has 0 radical (unpaired) electrons. The SMILES string of the molecule is CCCCc1ccc(C(=O)Oc2ccccc2-c2nc3ccccn3c2NC(C)(C)CC(C)(C)C)cc1. The molecule has 0 atom stereocenters. The minimum Gasteiger partial charge on any atom is -0.422 e. The number of benzene rings is 2. The van der Waals surface area contributed by atoms with E-state index in [1.54, 1.807) is 0 Å². The lowest BCUT2D eigenvalue weighted by Crippen LogP contribution is -2.36. The molecule has 0 aliphatic heterocycles. The average molecular weight is 498 g/mol. The Labute approximate surface area is 220 Å². The Kier molecular flexibility index (Phi) is 7.72. The highest BCUT2D eigenvalue weighted by Crippen LogP contribution is 2.38. The maximum absolute atomic E-state index is 13.1. The second-order valence-corrected chi connectivity index (χ2v) is 11.7. The summed E-state index contributed by atoms with van der Waals surface area (Å²) in [6, 6.07) is 21.3. The number of hydrogen-bond acceptors (Lipinski definition) is 4. The van der Waals surface area contributed by atoms with E-state index >= 15 is 0 Å². The van der Waals surface area contributed by atoms with Crippen LogP contribution in [-0.2, 0) is 6.42 Å². The van der Waals surface area contributed by atoms with Gasteiger partial charge in [-0.05, 0) is 80.5 Å². The third kappa shape index (κ3) is 6.59. The van der Waals surface area contributed by atoms with Gasteiger partial charge in [-0.25, -0.2) is 9.78 Å². The number of carbonyl (C=O) groups is 1.